The van der Waals surface area contributed by atoms with Gasteiger partial charge in [-0.15, -0.1) is 0 Å². The summed E-state index contributed by atoms with van der Waals surface area (Å²) in [5.74, 6) is 0.661. The summed E-state index contributed by atoms with van der Waals surface area (Å²) in [6, 6.07) is 32.9. The maximum absolute atomic E-state index is 12.2. The van der Waals surface area contributed by atoms with Gasteiger partial charge in [0.2, 0.25) is 0 Å². The third kappa shape index (κ3) is 3.53. The van der Waals surface area contributed by atoms with Gasteiger partial charge in [-0.25, -0.2) is 0 Å². The first kappa shape index (κ1) is 19.3. The van der Waals surface area contributed by atoms with E-state index in [9.17, 15) is 5.11 Å². The molecule has 4 aromatic carbocycles. The Balaban J connectivity index is 2.02. The van der Waals surface area contributed by atoms with Crippen molar-refractivity contribution in [3.8, 4) is 16.9 Å². The van der Waals surface area contributed by atoms with Gasteiger partial charge in [0.25, 0.3) is 0 Å². The Kier molecular flexibility index (Phi) is 5.39. The molecule has 0 aliphatic heterocycles. The van der Waals surface area contributed by atoms with Crippen LogP contribution in [0.15, 0.2) is 103 Å². The molecule has 3 heteroatoms. The van der Waals surface area contributed by atoms with Crippen LogP contribution in [0.25, 0.3) is 11.1 Å². The van der Waals surface area contributed by atoms with Gasteiger partial charge in [-0.3, -0.25) is 0 Å². The zero-order chi connectivity index (χ0) is 20.3. The molecule has 0 amide bonds. The summed E-state index contributed by atoms with van der Waals surface area (Å²) in [4.78, 5) is 0. The molecular weight excluding hydrogens is 380 g/mol. The molecule has 0 aliphatic rings. The van der Waals surface area contributed by atoms with Crippen LogP contribution >= 0.6 is 11.6 Å². The van der Waals surface area contributed by atoms with Crippen molar-refractivity contribution < 1.29 is 9.84 Å². The first-order valence-corrected chi connectivity index (χ1v) is 9.79. The summed E-state index contributed by atoms with van der Waals surface area (Å²) in [7, 11) is 1.62. The average molecular weight is 401 g/mol. The smallest absolute Gasteiger partial charge is 0.141 e. The molecule has 0 spiro atoms. The molecule has 0 radical (unpaired) electrons. The van der Waals surface area contributed by atoms with Gasteiger partial charge in [-0.1, -0.05) is 96.5 Å². The molecule has 0 atom stereocenters. The monoisotopic (exact) mass is 400 g/mol. The fraction of sp³-hybridized carbons (Fsp3) is 0.0769. The van der Waals surface area contributed by atoms with Crippen molar-refractivity contribution in [3.05, 3.63) is 125 Å². The van der Waals surface area contributed by atoms with E-state index in [1.807, 2.05) is 97.1 Å². The zero-order valence-corrected chi connectivity index (χ0v) is 16.8. The molecule has 4 rings (SSSR count). The van der Waals surface area contributed by atoms with Crippen LogP contribution in [0, 0.1) is 0 Å². The van der Waals surface area contributed by atoms with Crippen LogP contribution in [-0.4, -0.2) is 12.2 Å². The maximum Gasteiger partial charge on any atom is 0.141 e. The Bertz CT molecular complexity index is 1070. The van der Waals surface area contributed by atoms with Crippen LogP contribution in [0.2, 0.25) is 5.02 Å². The van der Waals surface area contributed by atoms with Crippen molar-refractivity contribution in [2.24, 2.45) is 0 Å². The summed E-state index contributed by atoms with van der Waals surface area (Å²) in [5.41, 5.74) is 2.80. The number of benzene rings is 4. The van der Waals surface area contributed by atoms with Crippen LogP contribution in [-0.2, 0) is 5.60 Å². The van der Waals surface area contributed by atoms with E-state index in [1.54, 1.807) is 13.2 Å². The van der Waals surface area contributed by atoms with E-state index in [2.05, 4.69) is 0 Å². The summed E-state index contributed by atoms with van der Waals surface area (Å²) >= 11 is 6.18. The molecule has 4 aromatic rings. The van der Waals surface area contributed by atoms with Crippen molar-refractivity contribution in [2.75, 3.05) is 7.11 Å². The highest BCUT2D eigenvalue weighted by Crippen LogP contribution is 2.43. The lowest BCUT2D eigenvalue weighted by molar-refractivity contribution is 0.126. The van der Waals surface area contributed by atoms with Crippen LogP contribution in [0.3, 0.4) is 0 Å². The van der Waals surface area contributed by atoms with Gasteiger partial charge in [-0.2, -0.15) is 0 Å². The predicted molar refractivity (Wildman–Crippen MR) is 118 cm³/mol. The van der Waals surface area contributed by atoms with Gasteiger partial charge in [0, 0.05) is 16.1 Å². The van der Waals surface area contributed by atoms with Gasteiger partial charge in [0.05, 0.1) is 7.11 Å². The average Bonchev–Trinajstić information content (AvgIpc) is 2.79. The molecule has 0 aliphatic carbocycles. The quantitative estimate of drug-likeness (QED) is 0.398. The van der Waals surface area contributed by atoms with Gasteiger partial charge < -0.3 is 9.84 Å². The molecule has 29 heavy (non-hydrogen) atoms. The number of aliphatic hydroxyl groups is 1. The Hall–Kier alpha value is -3.07. The number of rotatable bonds is 5. The lowest BCUT2D eigenvalue weighted by Crippen LogP contribution is -2.29. The summed E-state index contributed by atoms with van der Waals surface area (Å²) < 4.78 is 5.59. The van der Waals surface area contributed by atoms with E-state index in [0.29, 0.717) is 10.8 Å². The second-order valence-electron chi connectivity index (χ2n) is 6.83. The molecule has 0 unspecified atom stereocenters. The molecule has 0 saturated heterocycles. The van der Waals surface area contributed by atoms with Crippen LogP contribution in [0.1, 0.15) is 16.7 Å². The molecule has 144 valence electrons. The summed E-state index contributed by atoms with van der Waals surface area (Å²) in [5, 5.41) is 12.8. The molecule has 0 aromatic heterocycles. The lowest BCUT2D eigenvalue weighted by Gasteiger charge is -2.32. The fourth-order valence-electron chi connectivity index (χ4n) is 3.76. The fourth-order valence-corrected chi connectivity index (χ4v) is 3.92. The number of hydrogen-bond donors (Lipinski definition) is 1. The number of halogens is 1. The predicted octanol–water partition coefficient (Wildman–Crippen LogP) is 6.30. The Morgan fingerprint density at radius 1 is 0.690 bits per heavy atom. The van der Waals surface area contributed by atoms with Crippen molar-refractivity contribution in [2.45, 2.75) is 5.60 Å². The Labute approximate surface area is 176 Å². The van der Waals surface area contributed by atoms with Crippen molar-refractivity contribution >= 4 is 11.6 Å². The van der Waals surface area contributed by atoms with E-state index in [1.165, 1.54) is 0 Å². The number of hydrogen-bond acceptors (Lipinski definition) is 2. The van der Waals surface area contributed by atoms with E-state index in [-0.39, 0.29) is 0 Å². The first-order chi connectivity index (χ1) is 14.1. The largest absolute Gasteiger partial charge is 0.496 e. The minimum absolute atomic E-state index is 0.601. The highest BCUT2D eigenvalue weighted by molar-refractivity contribution is 6.30. The van der Waals surface area contributed by atoms with Gasteiger partial charge >= 0.3 is 0 Å². The second-order valence-corrected chi connectivity index (χ2v) is 7.27. The number of methoxy groups -OCH3 is 1. The summed E-state index contributed by atoms with van der Waals surface area (Å²) in [6.07, 6.45) is 0. The lowest BCUT2D eigenvalue weighted by atomic mass is 9.77. The Morgan fingerprint density at radius 2 is 1.24 bits per heavy atom. The maximum atomic E-state index is 12.2. The van der Waals surface area contributed by atoms with E-state index in [4.69, 9.17) is 16.3 Å². The topological polar surface area (TPSA) is 29.5 Å². The molecule has 0 bridgehead atoms. The molecule has 0 heterocycles. The van der Waals surface area contributed by atoms with E-state index < -0.39 is 5.60 Å². The molecular formula is C26H21ClO2. The third-order valence-corrected chi connectivity index (χ3v) is 5.39. The molecule has 0 fully saturated rings. The van der Waals surface area contributed by atoms with Crippen molar-refractivity contribution in [1.82, 2.24) is 0 Å². The molecule has 0 saturated carbocycles. The minimum Gasteiger partial charge on any atom is -0.496 e. The normalized spacial score (nSPS) is 11.3. The molecule has 1 N–H and O–H groups in total. The van der Waals surface area contributed by atoms with Crippen molar-refractivity contribution in [1.29, 1.82) is 0 Å². The highest BCUT2D eigenvalue weighted by atomic mass is 35.5. The zero-order valence-electron chi connectivity index (χ0n) is 16.0. The first-order valence-electron chi connectivity index (χ1n) is 9.41. The minimum atomic E-state index is -1.33. The Morgan fingerprint density at radius 3 is 1.83 bits per heavy atom. The molecule has 2 nitrogen and oxygen atoms in total. The van der Waals surface area contributed by atoms with Gasteiger partial charge in [0.15, 0.2) is 0 Å². The highest BCUT2D eigenvalue weighted by Gasteiger charge is 2.36. The van der Waals surface area contributed by atoms with Crippen molar-refractivity contribution in [3.63, 3.8) is 0 Å². The second kappa shape index (κ2) is 8.12. The van der Waals surface area contributed by atoms with Crippen LogP contribution < -0.4 is 4.74 Å². The van der Waals surface area contributed by atoms with Crippen LogP contribution in [0.5, 0.6) is 5.75 Å². The van der Waals surface area contributed by atoms with Gasteiger partial charge in [-0.05, 0) is 34.9 Å². The van der Waals surface area contributed by atoms with Crippen LogP contribution in [0.4, 0.5) is 0 Å². The van der Waals surface area contributed by atoms with E-state index in [0.717, 1.165) is 27.8 Å². The van der Waals surface area contributed by atoms with Gasteiger partial charge in [0.1, 0.15) is 11.4 Å². The SMILES string of the molecule is COc1cc(Cl)ccc1-c1ccccc1C(O)(c1ccccc1)c1ccccc1. The van der Waals surface area contributed by atoms with E-state index >= 15 is 0 Å². The summed E-state index contributed by atoms with van der Waals surface area (Å²) in [6.45, 7) is 0. The standard InChI is InChI=1S/C26H21ClO2/c1-29-25-18-21(27)16-17-23(25)22-14-8-9-15-24(22)26(28,19-10-4-2-5-11-19)20-12-6-3-7-13-20/h2-18,28H,1H3. The third-order valence-electron chi connectivity index (χ3n) is 5.15. The number of ether oxygens (including phenoxy) is 1.